The lowest BCUT2D eigenvalue weighted by atomic mass is 9.88. The van der Waals surface area contributed by atoms with E-state index in [9.17, 15) is 4.79 Å². The Bertz CT molecular complexity index is 1060. The molecule has 0 bridgehead atoms. The zero-order chi connectivity index (χ0) is 21.4. The van der Waals surface area contributed by atoms with Crippen molar-refractivity contribution in [3.8, 4) is 22.3 Å². The van der Waals surface area contributed by atoms with E-state index in [4.69, 9.17) is 0 Å². The van der Waals surface area contributed by atoms with Crippen LogP contribution < -0.4 is 10.6 Å². The highest BCUT2D eigenvalue weighted by Crippen LogP contribution is 2.36. The third kappa shape index (κ3) is 3.52. The van der Waals surface area contributed by atoms with Gasteiger partial charge < -0.3 is 10.6 Å². The molecule has 3 aromatic carbocycles. The molecule has 1 aliphatic rings. The zero-order valence-electron chi connectivity index (χ0n) is 18.3. The van der Waals surface area contributed by atoms with Crippen LogP contribution in [0.3, 0.4) is 0 Å². The summed E-state index contributed by atoms with van der Waals surface area (Å²) in [6, 6.07) is 19.6. The Morgan fingerprint density at radius 1 is 0.700 bits per heavy atom. The van der Waals surface area contributed by atoms with Crippen LogP contribution in [0, 0.1) is 27.7 Å². The molecule has 3 aromatic rings. The van der Waals surface area contributed by atoms with Crippen LogP contribution in [-0.2, 0) is 4.79 Å². The van der Waals surface area contributed by atoms with E-state index >= 15 is 0 Å². The number of hydrogen-bond acceptors (Lipinski definition) is 3. The van der Waals surface area contributed by atoms with Crippen LogP contribution >= 0.6 is 0 Å². The van der Waals surface area contributed by atoms with Gasteiger partial charge in [-0.15, -0.1) is 0 Å². The second kappa shape index (κ2) is 7.83. The Hall–Kier alpha value is -3.33. The highest BCUT2D eigenvalue weighted by Gasteiger charge is 2.23. The van der Waals surface area contributed by atoms with Gasteiger partial charge in [-0.2, -0.15) is 0 Å². The van der Waals surface area contributed by atoms with E-state index in [2.05, 4.69) is 92.9 Å². The van der Waals surface area contributed by atoms with Crippen LogP contribution in [0.1, 0.15) is 40.9 Å². The molecule has 0 amide bonds. The summed E-state index contributed by atoms with van der Waals surface area (Å²) >= 11 is 0. The number of rotatable bonds is 4. The van der Waals surface area contributed by atoms with Crippen LogP contribution in [0.15, 0.2) is 66.0 Å². The van der Waals surface area contributed by atoms with E-state index in [0.29, 0.717) is 5.70 Å². The van der Waals surface area contributed by atoms with Gasteiger partial charge in [-0.3, -0.25) is 4.79 Å². The summed E-state index contributed by atoms with van der Waals surface area (Å²) in [5.41, 5.74) is 12.6. The molecule has 1 unspecified atom stereocenters. The Morgan fingerprint density at radius 2 is 1.17 bits per heavy atom. The average molecular weight is 397 g/mol. The number of carbonyl (C=O) groups is 1. The summed E-state index contributed by atoms with van der Waals surface area (Å²) in [5, 5.41) is 6.75. The molecule has 0 aliphatic carbocycles. The largest absolute Gasteiger partial charge is 0.363 e. The number of aldehydes is 1. The van der Waals surface area contributed by atoms with Gasteiger partial charge >= 0.3 is 0 Å². The average Bonchev–Trinajstić information content (AvgIpc) is 3.08. The van der Waals surface area contributed by atoms with Gasteiger partial charge in [-0.1, -0.05) is 36.4 Å². The van der Waals surface area contributed by atoms with Gasteiger partial charge in [0.15, 0.2) is 6.29 Å². The summed E-state index contributed by atoms with van der Waals surface area (Å²) < 4.78 is 0. The fraction of sp³-hybridized carbons (Fsp3) is 0.222. The lowest BCUT2D eigenvalue weighted by molar-refractivity contribution is -0.105. The fourth-order valence-corrected chi connectivity index (χ4v) is 4.53. The standard InChI is InChI=1S/C27H28N2O/c1-16-8-6-9-17(2)25(16)21-12-22(26-18(3)10-7-11-19(26)4)14-23(13-21)27-28-20(5)24(15-30)29-27/h6-15,27-29H,1-5H3. The molecule has 30 heavy (non-hydrogen) atoms. The molecule has 0 saturated carbocycles. The Labute approximate surface area is 178 Å². The lowest BCUT2D eigenvalue weighted by Crippen LogP contribution is -2.23. The van der Waals surface area contributed by atoms with Crippen molar-refractivity contribution >= 4 is 6.29 Å². The van der Waals surface area contributed by atoms with Gasteiger partial charge in [0, 0.05) is 5.70 Å². The number of benzene rings is 3. The van der Waals surface area contributed by atoms with Crippen LogP contribution in [0.5, 0.6) is 0 Å². The third-order valence-electron chi connectivity index (χ3n) is 6.01. The molecular formula is C27H28N2O. The highest BCUT2D eigenvalue weighted by atomic mass is 16.1. The molecular weight excluding hydrogens is 368 g/mol. The molecule has 4 rings (SSSR count). The molecule has 0 spiro atoms. The maximum atomic E-state index is 11.4. The summed E-state index contributed by atoms with van der Waals surface area (Å²) in [6.07, 6.45) is 0.752. The lowest BCUT2D eigenvalue weighted by Gasteiger charge is -2.20. The van der Waals surface area contributed by atoms with Crippen molar-refractivity contribution in [1.82, 2.24) is 10.6 Å². The fourth-order valence-electron chi connectivity index (χ4n) is 4.53. The number of hydrogen-bond donors (Lipinski definition) is 2. The van der Waals surface area contributed by atoms with E-state index in [1.165, 1.54) is 44.5 Å². The van der Waals surface area contributed by atoms with Crippen molar-refractivity contribution in [1.29, 1.82) is 0 Å². The first-order chi connectivity index (χ1) is 14.4. The zero-order valence-corrected chi connectivity index (χ0v) is 18.3. The first kappa shape index (κ1) is 20.0. The SMILES string of the molecule is CC1=C(C=O)NC(c2cc(-c3c(C)cccc3C)cc(-c3c(C)cccc3C)c2)N1. The molecule has 152 valence electrons. The topological polar surface area (TPSA) is 41.1 Å². The molecule has 1 heterocycles. The molecule has 0 saturated heterocycles. The smallest absolute Gasteiger partial charge is 0.167 e. The summed E-state index contributed by atoms with van der Waals surface area (Å²) in [7, 11) is 0. The third-order valence-corrected chi connectivity index (χ3v) is 6.01. The Morgan fingerprint density at radius 3 is 1.57 bits per heavy atom. The summed E-state index contributed by atoms with van der Waals surface area (Å²) in [5.74, 6) is 0. The normalized spacial score (nSPS) is 15.7. The molecule has 1 aliphatic heterocycles. The first-order valence-corrected chi connectivity index (χ1v) is 10.4. The molecule has 0 radical (unpaired) electrons. The van der Waals surface area contributed by atoms with Gasteiger partial charge in [0.05, 0.1) is 5.70 Å². The number of aryl methyl sites for hydroxylation is 4. The summed E-state index contributed by atoms with van der Waals surface area (Å²) in [6.45, 7) is 10.6. The van der Waals surface area contributed by atoms with E-state index in [1.54, 1.807) is 0 Å². The van der Waals surface area contributed by atoms with Crippen molar-refractivity contribution in [2.75, 3.05) is 0 Å². The van der Waals surface area contributed by atoms with Crippen LogP contribution in [0.4, 0.5) is 0 Å². The van der Waals surface area contributed by atoms with Crippen molar-refractivity contribution in [2.24, 2.45) is 0 Å². The van der Waals surface area contributed by atoms with Gasteiger partial charge in [0.25, 0.3) is 0 Å². The van der Waals surface area contributed by atoms with Crippen LogP contribution in [0.2, 0.25) is 0 Å². The number of carbonyl (C=O) groups excluding carboxylic acids is 1. The van der Waals surface area contributed by atoms with E-state index < -0.39 is 0 Å². The van der Waals surface area contributed by atoms with Crippen molar-refractivity contribution in [3.05, 3.63) is 93.8 Å². The second-order valence-corrected chi connectivity index (χ2v) is 8.26. The van der Waals surface area contributed by atoms with Crippen molar-refractivity contribution in [2.45, 2.75) is 40.8 Å². The maximum Gasteiger partial charge on any atom is 0.167 e. The Balaban J connectivity index is 1.93. The number of allylic oxidation sites excluding steroid dienone is 2. The monoisotopic (exact) mass is 396 g/mol. The van der Waals surface area contributed by atoms with Crippen molar-refractivity contribution in [3.63, 3.8) is 0 Å². The predicted molar refractivity (Wildman–Crippen MR) is 124 cm³/mol. The maximum absolute atomic E-state index is 11.4. The highest BCUT2D eigenvalue weighted by molar-refractivity contribution is 5.80. The van der Waals surface area contributed by atoms with Gasteiger partial charge in [-0.25, -0.2) is 0 Å². The molecule has 2 N–H and O–H groups in total. The summed E-state index contributed by atoms with van der Waals surface area (Å²) in [4.78, 5) is 11.4. The molecule has 0 aromatic heterocycles. The predicted octanol–water partition coefficient (Wildman–Crippen LogP) is 5.88. The van der Waals surface area contributed by atoms with Gasteiger partial charge in [0.1, 0.15) is 6.17 Å². The molecule has 3 nitrogen and oxygen atoms in total. The van der Waals surface area contributed by atoms with Crippen LogP contribution in [0.25, 0.3) is 22.3 Å². The Kier molecular flexibility index (Phi) is 5.21. The van der Waals surface area contributed by atoms with Crippen molar-refractivity contribution < 1.29 is 4.79 Å². The quantitative estimate of drug-likeness (QED) is 0.541. The minimum atomic E-state index is -0.127. The molecule has 1 atom stereocenters. The van der Waals surface area contributed by atoms with Gasteiger partial charge in [-0.05, 0) is 103 Å². The van der Waals surface area contributed by atoms with Gasteiger partial charge in [0.2, 0.25) is 0 Å². The van der Waals surface area contributed by atoms with Crippen LogP contribution in [-0.4, -0.2) is 6.29 Å². The van der Waals surface area contributed by atoms with E-state index in [-0.39, 0.29) is 6.17 Å². The minimum absolute atomic E-state index is 0.127. The molecule has 0 fully saturated rings. The van der Waals surface area contributed by atoms with E-state index in [0.717, 1.165) is 17.5 Å². The minimum Gasteiger partial charge on any atom is -0.363 e. The van der Waals surface area contributed by atoms with E-state index in [1.807, 2.05) is 6.92 Å². The second-order valence-electron chi connectivity index (χ2n) is 8.26. The first-order valence-electron chi connectivity index (χ1n) is 10.4. The number of nitrogens with one attached hydrogen (secondary N) is 2. The molecule has 3 heteroatoms.